The molecule has 0 aromatic heterocycles. The summed E-state index contributed by atoms with van der Waals surface area (Å²) in [7, 11) is -8.67. The standard InChI is InChI=1S/C7H7.4BH3O3.Na/c1-7-5-3-2-4-6-7;4*2-1(3)4;/h2-3,5-6H,1H3;4*2-4H;/q-1;;;;;+1. The second-order valence-corrected chi connectivity index (χ2v) is 2.97. The first kappa shape index (κ1) is 35.2. The molecule has 1 rings (SSSR count). The van der Waals surface area contributed by atoms with Crippen LogP contribution in [0, 0.1) is 13.0 Å². The summed E-state index contributed by atoms with van der Waals surface area (Å²) >= 11 is 0. The van der Waals surface area contributed by atoms with Gasteiger partial charge in [-0.2, -0.15) is 35.9 Å². The van der Waals surface area contributed by atoms with Gasteiger partial charge in [-0.1, -0.05) is 6.92 Å². The molecule has 0 radical (unpaired) electrons. The molecule has 12 N–H and O–H groups in total. The second-order valence-electron chi connectivity index (χ2n) is 2.97. The first-order valence-corrected chi connectivity index (χ1v) is 5.42. The Morgan fingerprint density at radius 3 is 1.00 bits per heavy atom. The molecule has 132 valence electrons. The van der Waals surface area contributed by atoms with Crippen LogP contribution in [-0.2, 0) is 0 Å². The van der Waals surface area contributed by atoms with Gasteiger partial charge >= 0.3 is 58.8 Å². The molecule has 0 spiro atoms. The van der Waals surface area contributed by atoms with Crippen molar-refractivity contribution in [2.75, 3.05) is 0 Å². The molecular weight excluding hydrogens is 342 g/mol. The molecule has 0 aliphatic carbocycles. The number of benzene rings is 1. The first-order valence-electron chi connectivity index (χ1n) is 5.42. The van der Waals surface area contributed by atoms with Crippen molar-refractivity contribution in [1.82, 2.24) is 0 Å². The monoisotopic (exact) mass is 362 g/mol. The number of rotatable bonds is 0. The van der Waals surface area contributed by atoms with Gasteiger partial charge in [0.25, 0.3) is 0 Å². The van der Waals surface area contributed by atoms with E-state index in [-0.39, 0.29) is 29.6 Å². The fourth-order valence-electron chi connectivity index (χ4n) is 0.483. The van der Waals surface area contributed by atoms with Gasteiger partial charge in [-0.3, -0.25) is 0 Å². The molecule has 0 saturated carbocycles. The smallest absolute Gasteiger partial charge is 0.402 e. The van der Waals surface area contributed by atoms with Crippen molar-refractivity contribution >= 4 is 29.3 Å². The van der Waals surface area contributed by atoms with Gasteiger partial charge in [0.2, 0.25) is 0 Å². The normalized spacial score (nSPS) is 7.04. The van der Waals surface area contributed by atoms with E-state index in [0.717, 1.165) is 0 Å². The molecule has 0 unspecified atom stereocenters. The van der Waals surface area contributed by atoms with E-state index in [2.05, 4.69) is 19.1 Å². The third kappa shape index (κ3) is 152. The quantitative estimate of drug-likeness (QED) is 0.152. The maximum absolute atomic E-state index is 7.17. The molecule has 0 bridgehead atoms. The van der Waals surface area contributed by atoms with Gasteiger partial charge < -0.3 is 60.3 Å². The van der Waals surface area contributed by atoms with Gasteiger partial charge in [-0.25, -0.2) is 0 Å². The Balaban J connectivity index is -0.0000000641. The van der Waals surface area contributed by atoms with Crippen LogP contribution in [0.5, 0.6) is 0 Å². The van der Waals surface area contributed by atoms with Crippen LogP contribution < -0.4 is 29.6 Å². The molecule has 0 heterocycles. The van der Waals surface area contributed by atoms with Crippen LogP contribution in [0.3, 0.4) is 0 Å². The van der Waals surface area contributed by atoms with Crippen LogP contribution in [0.15, 0.2) is 24.3 Å². The van der Waals surface area contributed by atoms with Gasteiger partial charge in [0.15, 0.2) is 0 Å². The topological polar surface area (TPSA) is 243 Å². The van der Waals surface area contributed by atoms with Crippen LogP contribution in [0.25, 0.3) is 0 Å². The molecule has 0 fully saturated rings. The Bertz CT molecular complexity index is 272. The molecule has 17 heteroatoms. The van der Waals surface area contributed by atoms with E-state index in [4.69, 9.17) is 60.3 Å². The van der Waals surface area contributed by atoms with Crippen LogP contribution >= 0.6 is 0 Å². The molecule has 0 aliphatic rings. The van der Waals surface area contributed by atoms with Gasteiger partial charge in [0.1, 0.15) is 0 Å². The fourth-order valence-corrected chi connectivity index (χ4v) is 0.483. The largest absolute Gasteiger partial charge is 1.00 e. The van der Waals surface area contributed by atoms with Crippen LogP contribution in [-0.4, -0.2) is 89.6 Å². The van der Waals surface area contributed by atoms with Gasteiger partial charge in [0, 0.05) is 0 Å². The zero-order valence-corrected chi connectivity index (χ0v) is 15.0. The minimum atomic E-state index is -2.17. The predicted octanol–water partition coefficient (Wildman–Crippen LogP) is -9.41. The van der Waals surface area contributed by atoms with Crippen molar-refractivity contribution in [3.63, 3.8) is 0 Å². The molecule has 1 aromatic rings. The van der Waals surface area contributed by atoms with E-state index < -0.39 is 29.3 Å². The maximum Gasteiger partial charge on any atom is 1.00 e. The maximum atomic E-state index is 7.17. The minimum Gasteiger partial charge on any atom is -0.402 e. The Kier molecular flexibility index (Phi) is 40.8. The zero-order valence-electron chi connectivity index (χ0n) is 13.0. The van der Waals surface area contributed by atoms with E-state index in [9.17, 15) is 0 Å². The van der Waals surface area contributed by atoms with Gasteiger partial charge in [0.05, 0.1) is 0 Å². The average Bonchev–Trinajstić information content (AvgIpc) is 2.26. The molecule has 1 aromatic carbocycles. The van der Waals surface area contributed by atoms with Crippen molar-refractivity contribution < 1.29 is 89.8 Å². The Morgan fingerprint density at radius 1 is 0.667 bits per heavy atom. The number of aryl methyl sites for hydroxylation is 1. The summed E-state index contributed by atoms with van der Waals surface area (Å²) in [5, 5.41) is 86.0. The van der Waals surface area contributed by atoms with Crippen molar-refractivity contribution in [3.05, 3.63) is 35.9 Å². The van der Waals surface area contributed by atoms with Crippen molar-refractivity contribution in [2.45, 2.75) is 6.92 Å². The summed E-state index contributed by atoms with van der Waals surface area (Å²) in [4.78, 5) is 0. The van der Waals surface area contributed by atoms with E-state index >= 15 is 0 Å². The van der Waals surface area contributed by atoms with Crippen molar-refractivity contribution in [3.8, 4) is 0 Å². The van der Waals surface area contributed by atoms with E-state index in [0.29, 0.717) is 0 Å². The average molecular weight is 361 g/mol. The Hall–Kier alpha value is -0.000260. The minimum absolute atomic E-state index is 0. The van der Waals surface area contributed by atoms with E-state index in [1.807, 2.05) is 18.2 Å². The van der Waals surface area contributed by atoms with Crippen molar-refractivity contribution in [1.29, 1.82) is 0 Å². The summed E-state index contributed by atoms with van der Waals surface area (Å²) in [5.74, 6) is 0. The Labute approximate surface area is 161 Å². The summed E-state index contributed by atoms with van der Waals surface area (Å²) in [5.41, 5.74) is 1.27. The summed E-state index contributed by atoms with van der Waals surface area (Å²) < 4.78 is 0. The SMILES string of the molecule is Cc1c[c-]ccc1.OB(O)O.OB(O)O.OB(O)O.OB(O)O.[Na+]. The molecule has 0 aliphatic heterocycles. The van der Waals surface area contributed by atoms with Crippen molar-refractivity contribution in [2.24, 2.45) is 0 Å². The Morgan fingerprint density at radius 2 is 0.917 bits per heavy atom. The molecule has 12 nitrogen and oxygen atoms in total. The third-order valence-corrected chi connectivity index (χ3v) is 0.863. The second kappa shape index (κ2) is 27.8. The first-order chi connectivity index (χ1) is 10.3. The van der Waals surface area contributed by atoms with Crippen LogP contribution in [0.4, 0.5) is 0 Å². The fraction of sp³-hybridized carbons (Fsp3) is 0.143. The molecule has 0 atom stereocenters. The summed E-state index contributed by atoms with van der Waals surface area (Å²) in [6, 6.07) is 10.8. The van der Waals surface area contributed by atoms with E-state index in [1.165, 1.54) is 5.56 Å². The van der Waals surface area contributed by atoms with Gasteiger partial charge in [-0.05, 0) is 0 Å². The summed E-state index contributed by atoms with van der Waals surface area (Å²) in [6.07, 6.45) is 0. The van der Waals surface area contributed by atoms with Crippen LogP contribution in [0.2, 0.25) is 0 Å². The third-order valence-electron chi connectivity index (χ3n) is 0.863. The summed E-state index contributed by atoms with van der Waals surface area (Å²) in [6.45, 7) is 2.05. The van der Waals surface area contributed by atoms with E-state index in [1.54, 1.807) is 0 Å². The van der Waals surface area contributed by atoms with Gasteiger partial charge in [-0.15, -0.1) is 0 Å². The number of hydrogen-bond donors (Lipinski definition) is 12. The zero-order chi connectivity index (χ0) is 19.4. The molecule has 0 saturated heterocycles. The number of hydrogen-bond acceptors (Lipinski definition) is 12. The molecular formula is C7H19B4NaO12. The molecule has 24 heavy (non-hydrogen) atoms. The van der Waals surface area contributed by atoms with Crippen LogP contribution in [0.1, 0.15) is 5.56 Å². The predicted molar refractivity (Wildman–Crippen MR) is 79.7 cm³/mol. The molecule has 0 amide bonds.